The van der Waals surface area contributed by atoms with Gasteiger partial charge in [0.05, 0.1) is 16.4 Å². The summed E-state index contributed by atoms with van der Waals surface area (Å²) in [4.78, 5) is 17.2. The molecule has 0 atom stereocenters. The number of nitrogens with one attached hydrogen (secondary N) is 1. The van der Waals surface area contributed by atoms with Crippen LogP contribution in [-0.2, 0) is 11.2 Å². The summed E-state index contributed by atoms with van der Waals surface area (Å²) in [6.45, 7) is 1.89. The first-order valence-corrected chi connectivity index (χ1v) is 8.26. The van der Waals surface area contributed by atoms with Crippen LogP contribution in [0.1, 0.15) is 23.3 Å². The molecule has 3 nitrogen and oxygen atoms in total. The summed E-state index contributed by atoms with van der Waals surface area (Å²) in [5.74, 6) is 0.000628. The van der Waals surface area contributed by atoms with Gasteiger partial charge in [0, 0.05) is 11.3 Å². The van der Waals surface area contributed by atoms with Crippen LogP contribution < -0.4 is 5.32 Å². The molecule has 0 aliphatic rings. The summed E-state index contributed by atoms with van der Waals surface area (Å²) in [7, 11) is 0. The Morgan fingerprint density at radius 2 is 2.35 bits per heavy atom. The third-order valence-electron chi connectivity index (χ3n) is 2.90. The quantitative estimate of drug-likeness (QED) is 0.763. The van der Waals surface area contributed by atoms with E-state index in [1.807, 2.05) is 13.0 Å². The molecular formula is C14H14BrClN2OS. The highest BCUT2D eigenvalue weighted by Crippen LogP contribution is 2.29. The van der Waals surface area contributed by atoms with Crippen molar-refractivity contribution in [2.24, 2.45) is 0 Å². The smallest absolute Gasteiger partial charge is 0.224 e. The van der Waals surface area contributed by atoms with Crippen molar-refractivity contribution < 1.29 is 4.79 Å². The highest BCUT2D eigenvalue weighted by molar-refractivity contribution is 9.10. The third kappa shape index (κ3) is 4.04. The van der Waals surface area contributed by atoms with Gasteiger partial charge in [-0.05, 0) is 52.7 Å². The molecule has 0 aliphatic carbocycles. The minimum Gasteiger partial charge on any atom is -0.324 e. The number of aryl methyl sites for hydroxylation is 1. The molecule has 2 aromatic rings. The lowest BCUT2D eigenvalue weighted by molar-refractivity contribution is -0.116. The number of rotatable bonds is 5. The van der Waals surface area contributed by atoms with Crippen LogP contribution in [0.15, 0.2) is 28.2 Å². The summed E-state index contributed by atoms with van der Waals surface area (Å²) < 4.78 is 0.718. The van der Waals surface area contributed by atoms with Crippen molar-refractivity contribution >= 4 is 50.5 Å². The zero-order valence-corrected chi connectivity index (χ0v) is 14.1. The van der Waals surface area contributed by atoms with Gasteiger partial charge in [-0.15, -0.1) is 11.3 Å². The van der Waals surface area contributed by atoms with Crippen molar-refractivity contribution in [3.05, 3.63) is 43.8 Å². The molecule has 20 heavy (non-hydrogen) atoms. The van der Waals surface area contributed by atoms with E-state index in [0.29, 0.717) is 17.3 Å². The second kappa shape index (κ2) is 7.20. The maximum absolute atomic E-state index is 11.9. The van der Waals surface area contributed by atoms with Crippen molar-refractivity contribution in [1.82, 2.24) is 4.98 Å². The number of hydrogen-bond acceptors (Lipinski definition) is 3. The number of pyridine rings is 1. The normalized spacial score (nSPS) is 10.6. The summed E-state index contributed by atoms with van der Waals surface area (Å²) in [5, 5.41) is 5.32. The molecule has 0 unspecified atom stereocenters. The van der Waals surface area contributed by atoms with Gasteiger partial charge in [0.2, 0.25) is 5.91 Å². The number of aromatic nitrogens is 1. The van der Waals surface area contributed by atoms with Crippen molar-refractivity contribution in [3.8, 4) is 0 Å². The van der Waals surface area contributed by atoms with E-state index >= 15 is 0 Å². The first-order chi connectivity index (χ1) is 9.58. The number of thiophene rings is 1. The second-order valence-electron chi connectivity index (χ2n) is 4.38. The lowest BCUT2D eigenvalue weighted by Gasteiger charge is -2.10. The number of amides is 1. The molecule has 106 valence electrons. The zero-order valence-electron chi connectivity index (χ0n) is 11.0. The SMILES string of the molecule is Cc1c(NC(=O)CCCc2cccs2)cnc(Cl)c1Br. The number of anilines is 1. The number of carbonyl (C=O) groups excluding carboxylic acids is 1. The molecule has 0 fully saturated rings. The molecule has 0 aliphatic heterocycles. The lowest BCUT2D eigenvalue weighted by atomic mass is 10.2. The topological polar surface area (TPSA) is 42.0 Å². The molecule has 2 heterocycles. The van der Waals surface area contributed by atoms with Crippen molar-refractivity contribution in [2.45, 2.75) is 26.2 Å². The van der Waals surface area contributed by atoms with E-state index in [2.05, 4.69) is 37.7 Å². The van der Waals surface area contributed by atoms with Crippen LogP contribution in [0.5, 0.6) is 0 Å². The van der Waals surface area contributed by atoms with E-state index in [1.54, 1.807) is 17.5 Å². The number of halogens is 2. The molecule has 2 aromatic heterocycles. The largest absolute Gasteiger partial charge is 0.324 e. The number of nitrogens with zero attached hydrogens (tertiary/aromatic N) is 1. The molecule has 1 amide bonds. The van der Waals surface area contributed by atoms with E-state index in [1.165, 1.54) is 4.88 Å². The minimum atomic E-state index is 0.000628. The second-order valence-corrected chi connectivity index (χ2v) is 6.57. The van der Waals surface area contributed by atoms with Gasteiger partial charge in [-0.1, -0.05) is 17.7 Å². The van der Waals surface area contributed by atoms with Gasteiger partial charge in [0.1, 0.15) is 5.15 Å². The Labute approximate surface area is 135 Å². The van der Waals surface area contributed by atoms with E-state index < -0.39 is 0 Å². The third-order valence-corrected chi connectivity index (χ3v) is 5.32. The predicted molar refractivity (Wildman–Crippen MR) is 87.6 cm³/mol. The Hall–Kier alpha value is -0.910. The standard InChI is InChI=1S/C14H14BrClN2OS/c1-9-11(8-17-14(16)13(9)15)18-12(19)6-2-4-10-5-3-7-20-10/h3,5,7-8H,2,4,6H2,1H3,(H,18,19). The Bertz CT molecular complexity index is 601. The van der Waals surface area contributed by atoms with Crippen LogP contribution in [0.2, 0.25) is 5.15 Å². The molecule has 0 spiro atoms. The van der Waals surface area contributed by atoms with Crippen LogP contribution in [-0.4, -0.2) is 10.9 Å². The van der Waals surface area contributed by atoms with E-state index in [-0.39, 0.29) is 5.91 Å². The highest BCUT2D eigenvalue weighted by atomic mass is 79.9. The maximum atomic E-state index is 11.9. The molecule has 0 radical (unpaired) electrons. The van der Waals surface area contributed by atoms with E-state index in [9.17, 15) is 4.79 Å². The van der Waals surface area contributed by atoms with E-state index in [0.717, 1.165) is 22.9 Å². The Morgan fingerprint density at radius 1 is 1.55 bits per heavy atom. The van der Waals surface area contributed by atoms with Crippen LogP contribution in [0.25, 0.3) is 0 Å². The van der Waals surface area contributed by atoms with Gasteiger partial charge >= 0.3 is 0 Å². The maximum Gasteiger partial charge on any atom is 0.224 e. The first-order valence-electron chi connectivity index (χ1n) is 6.20. The molecule has 2 rings (SSSR count). The van der Waals surface area contributed by atoms with Gasteiger partial charge in [-0.2, -0.15) is 0 Å². The fraction of sp³-hybridized carbons (Fsp3) is 0.286. The molecular weight excluding hydrogens is 360 g/mol. The van der Waals surface area contributed by atoms with Gasteiger partial charge in [-0.25, -0.2) is 4.98 Å². The van der Waals surface area contributed by atoms with Crippen molar-refractivity contribution in [3.63, 3.8) is 0 Å². The molecule has 0 aromatic carbocycles. The minimum absolute atomic E-state index is 0.000628. The summed E-state index contributed by atoms with van der Waals surface area (Å²) in [6.07, 6.45) is 3.86. The van der Waals surface area contributed by atoms with Crippen LogP contribution in [0.3, 0.4) is 0 Å². The van der Waals surface area contributed by atoms with Crippen molar-refractivity contribution in [1.29, 1.82) is 0 Å². The molecule has 0 saturated heterocycles. The van der Waals surface area contributed by atoms with Crippen LogP contribution in [0, 0.1) is 6.92 Å². The average molecular weight is 374 g/mol. The van der Waals surface area contributed by atoms with Crippen LogP contribution in [0.4, 0.5) is 5.69 Å². The average Bonchev–Trinajstić information content (AvgIpc) is 2.93. The zero-order chi connectivity index (χ0) is 14.5. The van der Waals surface area contributed by atoms with Gasteiger partial charge in [0.25, 0.3) is 0 Å². The fourth-order valence-electron chi connectivity index (χ4n) is 1.76. The molecule has 6 heteroatoms. The summed E-state index contributed by atoms with van der Waals surface area (Å²) >= 11 is 11.0. The summed E-state index contributed by atoms with van der Waals surface area (Å²) in [6, 6.07) is 4.12. The Balaban J connectivity index is 1.87. The predicted octanol–water partition coefficient (Wildman–Crippen LogP) is 4.83. The Kier molecular flexibility index (Phi) is 5.57. The molecule has 1 N–H and O–H groups in total. The highest BCUT2D eigenvalue weighted by Gasteiger charge is 2.10. The first kappa shape index (κ1) is 15.5. The Morgan fingerprint density at radius 3 is 3.05 bits per heavy atom. The lowest BCUT2D eigenvalue weighted by Crippen LogP contribution is -2.13. The molecule has 0 saturated carbocycles. The van der Waals surface area contributed by atoms with Crippen LogP contribution >= 0.6 is 38.9 Å². The summed E-state index contributed by atoms with van der Waals surface area (Å²) in [5.41, 5.74) is 1.58. The van der Waals surface area contributed by atoms with Gasteiger partial charge in [0.15, 0.2) is 0 Å². The number of hydrogen-bond donors (Lipinski definition) is 1. The van der Waals surface area contributed by atoms with Crippen molar-refractivity contribution in [2.75, 3.05) is 5.32 Å². The van der Waals surface area contributed by atoms with Gasteiger partial charge < -0.3 is 5.32 Å². The monoisotopic (exact) mass is 372 g/mol. The van der Waals surface area contributed by atoms with E-state index in [4.69, 9.17) is 11.6 Å². The number of carbonyl (C=O) groups is 1. The fourth-order valence-corrected chi connectivity index (χ4v) is 3.02. The molecule has 0 bridgehead atoms. The van der Waals surface area contributed by atoms with Gasteiger partial charge in [-0.3, -0.25) is 4.79 Å².